The minimum atomic E-state index is -0.910. The number of guanidine groups is 1. The van der Waals surface area contributed by atoms with Gasteiger partial charge in [-0.25, -0.2) is 4.99 Å². The summed E-state index contributed by atoms with van der Waals surface area (Å²) in [6.07, 6.45) is 0. The number of hydrogen-bond acceptors (Lipinski definition) is 4. The summed E-state index contributed by atoms with van der Waals surface area (Å²) < 4.78 is 5.86. The van der Waals surface area contributed by atoms with Crippen LogP contribution >= 0.6 is 0 Å². The number of rotatable bonds is 10. The highest BCUT2D eigenvalue weighted by Gasteiger charge is 2.23. The minimum Gasteiger partial charge on any atom is -0.489 e. The van der Waals surface area contributed by atoms with E-state index >= 15 is 0 Å². The van der Waals surface area contributed by atoms with Gasteiger partial charge in [0.15, 0.2) is 5.96 Å². The second kappa shape index (κ2) is 12.7. The summed E-state index contributed by atoms with van der Waals surface area (Å²) in [5.74, 6) is -0.0659. The van der Waals surface area contributed by atoms with Gasteiger partial charge in [0, 0.05) is 12.1 Å². The molecular formula is C30H29N5O3. The molecule has 0 radical (unpaired) electrons. The summed E-state index contributed by atoms with van der Waals surface area (Å²) in [5, 5.41) is 5.76. The molecule has 192 valence electrons. The van der Waals surface area contributed by atoms with Crippen molar-refractivity contribution in [2.24, 2.45) is 16.5 Å². The molecule has 0 saturated carbocycles. The van der Waals surface area contributed by atoms with Crippen molar-refractivity contribution in [3.8, 4) is 5.75 Å². The number of carbonyl (C=O) groups excluding carboxylic acids is 2. The molecule has 0 heterocycles. The first-order chi connectivity index (χ1) is 18.5. The van der Waals surface area contributed by atoms with Crippen LogP contribution in [0.15, 0.2) is 114 Å². The number of nitrogens with two attached hydrogens (primary N) is 2. The lowest BCUT2D eigenvalue weighted by molar-refractivity contribution is -0.123. The first-order valence-corrected chi connectivity index (χ1v) is 12.1. The fraction of sp³-hybridized carbons (Fsp3) is 0.100. The molecule has 0 aliphatic heterocycles. The molecule has 0 saturated heterocycles. The van der Waals surface area contributed by atoms with E-state index < -0.39 is 6.04 Å². The molecule has 0 aliphatic rings. The Balaban J connectivity index is 1.46. The number of aliphatic imine (C=N–C) groups is 1. The smallest absolute Gasteiger partial charge is 0.252 e. The van der Waals surface area contributed by atoms with E-state index in [0.29, 0.717) is 29.2 Å². The van der Waals surface area contributed by atoms with Crippen LogP contribution in [0, 0.1) is 0 Å². The molecule has 4 rings (SSSR count). The number of carbonyl (C=O) groups is 2. The van der Waals surface area contributed by atoms with Crippen LogP contribution in [0.4, 0.5) is 5.69 Å². The van der Waals surface area contributed by atoms with E-state index in [9.17, 15) is 9.59 Å². The van der Waals surface area contributed by atoms with Crippen LogP contribution in [0.25, 0.3) is 0 Å². The van der Waals surface area contributed by atoms with Gasteiger partial charge in [-0.05, 0) is 53.1 Å². The van der Waals surface area contributed by atoms with E-state index in [-0.39, 0.29) is 24.3 Å². The first-order valence-electron chi connectivity index (χ1n) is 12.1. The van der Waals surface area contributed by atoms with Crippen molar-refractivity contribution in [1.82, 2.24) is 10.6 Å². The maximum Gasteiger partial charge on any atom is 0.252 e. The lowest BCUT2D eigenvalue weighted by Crippen LogP contribution is -2.40. The summed E-state index contributed by atoms with van der Waals surface area (Å²) in [5.41, 5.74) is 14.4. The molecular weight excluding hydrogens is 478 g/mol. The molecule has 1 atom stereocenters. The van der Waals surface area contributed by atoms with Crippen molar-refractivity contribution < 1.29 is 14.3 Å². The number of hydrogen-bond donors (Lipinski definition) is 4. The van der Waals surface area contributed by atoms with Crippen LogP contribution in [0.5, 0.6) is 5.75 Å². The van der Waals surface area contributed by atoms with Crippen molar-refractivity contribution in [3.05, 3.63) is 131 Å². The molecule has 0 aromatic heterocycles. The molecule has 38 heavy (non-hydrogen) atoms. The SMILES string of the molecule is NC(N)=Nc1ccc(CNC(=O)[C@@H](NC(=O)c2ccccc2)c2ccc(OCc3ccccc3)cc2)cc1. The second-order valence-electron chi connectivity index (χ2n) is 8.54. The first kappa shape index (κ1) is 26.0. The van der Waals surface area contributed by atoms with E-state index in [1.807, 2.05) is 48.5 Å². The average Bonchev–Trinajstić information content (AvgIpc) is 2.95. The average molecular weight is 508 g/mol. The summed E-state index contributed by atoms with van der Waals surface area (Å²) in [6.45, 7) is 0.688. The summed E-state index contributed by atoms with van der Waals surface area (Å²) in [6, 6.07) is 32.0. The third-order valence-corrected chi connectivity index (χ3v) is 5.70. The minimum absolute atomic E-state index is 0.0282. The number of nitrogens with one attached hydrogen (secondary N) is 2. The normalized spacial score (nSPS) is 11.2. The predicted octanol–water partition coefficient (Wildman–Crippen LogP) is 3.96. The van der Waals surface area contributed by atoms with Gasteiger partial charge in [0.1, 0.15) is 18.4 Å². The Bertz CT molecular complexity index is 1370. The quantitative estimate of drug-likeness (QED) is 0.191. The molecule has 0 spiro atoms. The third kappa shape index (κ3) is 7.44. The van der Waals surface area contributed by atoms with Gasteiger partial charge >= 0.3 is 0 Å². The second-order valence-corrected chi connectivity index (χ2v) is 8.54. The highest BCUT2D eigenvalue weighted by molar-refractivity contribution is 5.97. The molecule has 4 aromatic carbocycles. The zero-order chi connectivity index (χ0) is 26.7. The van der Waals surface area contributed by atoms with E-state index in [0.717, 1.165) is 11.1 Å². The standard InChI is InChI=1S/C30H29N5O3/c31-30(32)34-25-15-11-21(12-16-25)19-33-29(37)27(35-28(36)24-9-5-2-6-10-24)23-13-17-26(18-14-23)38-20-22-7-3-1-4-8-22/h1-18,27H,19-20H2,(H,33,37)(H,35,36)(H4,31,32,34)/t27-/m0/s1. The maximum atomic E-state index is 13.3. The van der Waals surface area contributed by atoms with Crippen LogP contribution in [0.2, 0.25) is 0 Å². The van der Waals surface area contributed by atoms with Gasteiger partial charge in [-0.3, -0.25) is 9.59 Å². The number of nitrogens with zero attached hydrogens (tertiary/aromatic N) is 1. The topological polar surface area (TPSA) is 132 Å². The fourth-order valence-corrected chi connectivity index (χ4v) is 3.73. The van der Waals surface area contributed by atoms with Crippen molar-refractivity contribution >= 4 is 23.5 Å². The zero-order valence-corrected chi connectivity index (χ0v) is 20.7. The molecule has 2 amide bonds. The number of ether oxygens (including phenoxy) is 1. The number of amides is 2. The highest BCUT2D eigenvalue weighted by Crippen LogP contribution is 2.21. The van der Waals surface area contributed by atoms with Crippen LogP contribution < -0.4 is 26.8 Å². The van der Waals surface area contributed by atoms with Gasteiger partial charge < -0.3 is 26.8 Å². The molecule has 0 bridgehead atoms. The monoisotopic (exact) mass is 507 g/mol. The van der Waals surface area contributed by atoms with Gasteiger partial charge in [-0.15, -0.1) is 0 Å². The maximum absolute atomic E-state index is 13.3. The molecule has 6 N–H and O–H groups in total. The third-order valence-electron chi connectivity index (χ3n) is 5.70. The van der Waals surface area contributed by atoms with Crippen molar-refractivity contribution in [2.75, 3.05) is 0 Å². The zero-order valence-electron chi connectivity index (χ0n) is 20.7. The van der Waals surface area contributed by atoms with Crippen molar-refractivity contribution in [1.29, 1.82) is 0 Å². The van der Waals surface area contributed by atoms with Crippen molar-refractivity contribution in [3.63, 3.8) is 0 Å². The molecule has 8 heteroatoms. The lowest BCUT2D eigenvalue weighted by atomic mass is 10.0. The van der Waals surface area contributed by atoms with E-state index in [1.165, 1.54) is 0 Å². The van der Waals surface area contributed by atoms with Crippen LogP contribution in [0.1, 0.15) is 33.1 Å². The molecule has 0 unspecified atom stereocenters. The Labute approximate surface area is 221 Å². The summed E-state index contributed by atoms with van der Waals surface area (Å²) >= 11 is 0. The van der Waals surface area contributed by atoms with Gasteiger partial charge in [-0.1, -0.05) is 72.8 Å². The summed E-state index contributed by atoms with van der Waals surface area (Å²) in [4.78, 5) is 30.2. The van der Waals surface area contributed by atoms with Gasteiger partial charge in [0.05, 0.1) is 5.69 Å². The van der Waals surface area contributed by atoms with Crippen molar-refractivity contribution in [2.45, 2.75) is 19.2 Å². The fourth-order valence-electron chi connectivity index (χ4n) is 3.73. The van der Waals surface area contributed by atoms with Crippen LogP contribution in [0.3, 0.4) is 0 Å². The molecule has 8 nitrogen and oxygen atoms in total. The lowest BCUT2D eigenvalue weighted by Gasteiger charge is -2.19. The van der Waals surface area contributed by atoms with E-state index in [2.05, 4.69) is 15.6 Å². The Hall–Kier alpha value is -5.11. The Morgan fingerprint density at radius 2 is 1.39 bits per heavy atom. The van der Waals surface area contributed by atoms with E-state index in [4.69, 9.17) is 16.2 Å². The molecule has 4 aromatic rings. The van der Waals surface area contributed by atoms with Crippen LogP contribution in [-0.4, -0.2) is 17.8 Å². The molecule has 0 aliphatic carbocycles. The van der Waals surface area contributed by atoms with Gasteiger partial charge in [0.2, 0.25) is 5.91 Å². The highest BCUT2D eigenvalue weighted by atomic mass is 16.5. The largest absolute Gasteiger partial charge is 0.489 e. The summed E-state index contributed by atoms with van der Waals surface area (Å²) in [7, 11) is 0. The van der Waals surface area contributed by atoms with Crippen LogP contribution in [-0.2, 0) is 17.9 Å². The predicted molar refractivity (Wildman–Crippen MR) is 148 cm³/mol. The van der Waals surface area contributed by atoms with Gasteiger partial charge in [-0.2, -0.15) is 0 Å². The Morgan fingerprint density at radius 1 is 0.763 bits per heavy atom. The Kier molecular flexibility index (Phi) is 8.70. The molecule has 0 fully saturated rings. The Morgan fingerprint density at radius 3 is 2.03 bits per heavy atom. The van der Waals surface area contributed by atoms with Gasteiger partial charge in [0.25, 0.3) is 5.91 Å². The number of benzene rings is 4. The van der Waals surface area contributed by atoms with E-state index in [1.54, 1.807) is 60.7 Å².